The summed E-state index contributed by atoms with van der Waals surface area (Å²) < 4.78 is 26.2. The van der Waals surface area contributed by atoms with Gasteiger partial charge in [-0.1, -0.05) is 12.1 Å². The molecule has 2 N–H and O–H groups in total. The minimum atomic E-state index is -3.42. The highest BCUT2D eigenvalue weighted by Gasteiger charge is 2.27. The number of sulfonamides is 1. The topological polar surface area (TPSA) is 87.2 Å². The van der Waals surface area contributed by atoms with E-state index in [2.05, 4.69) is 0 Å². The van der Waals surface area contributed by atoms with E-state index in [1.807, 2.05) is 6.07 Å². The van der Waals surface area contributed by atoms with Gasteiger partial charge >= 0.3 is 0 Å². The van der Waals surface area contributed by atoms with Crippen LogP contribution in [0.25, 0.3) is 0 Å². The van der Waals surface area contributed by atoms with Crippen LogP contribution in [0, 0.1) is 11.3 Å². The van der Waals surface area contributed by atoms with Crippen molar-refractivity contribution in [3.63, 3.8) is 0 Å². The van der Waals surface area contributed by atoms with Crippen molar-refractivity contribution in [3.05, 3.63) is 29.8 Å². The van der Waals surface area contributed by atoms with E-state index in [9.17, 15) is 8.42 Å². The minimum absolute atomic E-state index is 0.101. The minimum Gasteiger partial charge on any atom is -0.328 e. The number of rotatable bonds is 3. The predicted molar refractivity (Wildman–Crippen MR) is 71.7 cm³/mol. The second-order valence-electron chi connectivity index (χ2n) is 4.72. The van der Waals surface area contributed by atoms with Crippen LogP contribution in [0.1, 0.15) is 18.4 Å². The van der Waals surface area contributed by atoms with E-state index in [4.69, 9.17) is 11.0 Å². The Morgan fingerprint density at radius 2 is 1.84 bits per heavy atom. The molecule has 19 heavy (non-hydrogen) atoms. The normalized spacial score (nSPS) is 18.1. The van der Waals surface area contributed by atoms with Crippen molar-refractivity contribution in [2.45, 2.75) is 30.2 Å². The number of benzene rings is 1. The van der Waals surface area contributed by atoms with Crippen molar-refractivity contribution in [1.82, 2.24) is 4.31 Å². The van der Waals surface area contributed by atoms with E-state index in [1.165, 1.54) is 4.31 Å². The zero-order valence-corrected chi connectivity index (χ0v) is 11.4. The molecular formula is C13H17N3O2S. The second kappa shape index (κ2) is 5.70. The van der Waals surface area contributed by atoms with Gasteiger partial charge in [-0.15, -0.1) is 0 Å². The molecule has 1 saturated heterocycles. The Bertz CT molecular complexity index is 567. The number of nitrogens with two attached hydrogens (primary N) is 1. The molecule has 0 spiro atoms. The van der Waals surface area contributed by atoms with E-state index in [0.29, 0.717) is 32.4 Å². The first-order valence-electron chi connectivity index (χ1n) is 6.25. The molecule has 0 unspecified atom stereocenters. The Balaban J connectivity index is 2.17. The number of hydrogen-bond donors (Lipinski definition) is 1. The summed E-state index contributed by atoms with van der Waals surface area (Å²) in [5.74, 6) is 0. The van der Waals surface area contributed by atoms with Crippen LogP contribution < -0.4 is 5.73 Å². The summed E-state index contributed by atoms with van der Waals surface area (Å²) in [7, 11) is -3.42. The van der Waals surface area contributed by atoms with Gasteiger partial charge in [0.15, 0.2) is 0 Å². The summed E-state index contributed by atoms with van der Waals surface area (Å²) in [6.45, 7) is 0.951. The first-order chi connectivity index (χ1) is 9.04. The molecule has 5 nitrogen and oxygen atoms in total. The summed E-state index contributed by atoms with van der Waals surface area (Å²) in [6, 6.07) is 8.64. The maximum atomic E-state index is 12.4. The van der Waals surface area contributed by atoms with Crippen molar-refractivity contribution in [1.29, 1.82) is 5.26 Å². The maximum absolute atomic E-state index is 12.4. The fraction of sp³-hybridized carbons (Fsp3) is 0.462. The Labute approximate surface area is 113 Å². The van der Waals surface area contributed by atoms with Gasteiger partial charge in [-0.2, -0.15) is 9.57 Å². The third-order valence-corrected chi connectivity index (χ3v) is 5.26. The van der Waals surface area contributed by atoms with Gasteiger partial charge in [0.2, 0.25) is 10.0 Å². The number of nitrogens with zero attached hydrogens (tertiary/aromatic N) is 2. The Kier molecular flexibility index (Phi) is 4.20. The molecule has 1 aromatic carbocycles. The highest BCUT2D eigenvalue weighted by molar-refractivity contribution is 7.89. The molecule has 0 aromatic heterocycles. The van der Waals surface area contributed by atoms with E-state index < -0.39 is 10.0 Å². The number of piperidine rings is 1. The van der Waals surface area contributed by atoms with Crippen LogP contribution in [0.3, 0.4) is 0 Å². The fourth-order valence-electron chi connectivity index (χ4n) is 2.14. The lowest BCUT2D eigenvalue weighted by Crippen LogP contribution is -2.42. The maximum Gasteiger partial charge on any atom is 0.243 e. The van der Waals surface area contributed by atoms with Gasteiger partial charge in [-0.05, 0) is 30.5 Å². The Hall–Kier alpha value is -1.42. The average Bonchev–Trinajstić information content (AvgIpc) is 2.40. The quantitative estimate of drug-likeness (QED) is 0.889. The zero-order chi connectivity index (χ0) is 13.9. The molecule has 1 aromatic rings. The molecule has 2 rings (SSSR count). The van der Waals surface area contributed by atoms with Crippen LogP contribution in [-0.2, 0) is 16.4 Å². The Morgan fingerprint density at radius 3 is 2.37 bits per heavy atom. The lowest BCUT2D eigenvalue weighted by molar-refractivity contribution is 0.320. The zero-order valence-electron chi connectivity index (χ0n) is 10.6. The summed E-state index contributed by atoms with van der Waals surface area (Å²) in [5.41, 5.74) is 6.60. The van der Waals surface area contributed by atoms with Crippen LogP contribution in [0.2, 0.25) is 0 Å². The van der Waals surface area contributed by atoms with Crippen LogP contribution in [0.15, 0.2) is 29.2 Å². The molecule has 0 aliphatic carbocycles. The number of hydrogen-bond acceptors (Lipinski definition) is 4. The summed E-state index contributed by atoms with van der Waals surface area (Å²) in [5, 5.41) is 8.59. The molecule has 0 saturated carbocycles. The summed E-state index contributed by atoms with van der Waals surface area (Å²) in [4.78, 5) is 0.282. The molecule has 0 bridgehead atoms. The van der Waals surface area contributed by atoms with Gasteiger partial charge in [0.25, 0.3) is 0 Å². The molecule has 0 atom stereocenters. The second-order valence-corrected chi connectivity index (χ2v) is 6.66. The van der Waals surface area contributed by atoms with Gasteiger partial charge in [-0.3, -0.25) is 0 Å². The van der Waals surface area contributed by atoms with E-state index in [0.717, 1.165) is 5.56 Å². The van der Waals surface area contributed by atoms with Crippen molar-refractivity contribution in [2.24, 2.45) is 5.73 Å². The van der Waals surface area contributed by atoms with Gasteiger partial charge < -0.3 is 5.73 Å². The molecule has 1 aliphatic rings. The molecule has 1 heterocycles. The molecule has 0 amide bonds. The molecule has 1 fully saturated rings. The summed E-state index contributed by atoms with van der Waals surface area (Å²) >= 11 is 0. The highest BCUT2D eigenvalue weighted by atomic mass is 32.2. The van der Waals surface area contributed by atoms with E-state index >= 15 is 0 Å². The largest absolute Gasteiger partial charge is 0.328 e. The third kappa shape index (κ3) is 3.13. The summed E-state index contributed by atoms with van der Waals surface area (Å²) in [6.07, 6.45) is 1.69. The third-order valence-electron chi connectivity index (χ3n) is 3.34. The van der Waals surface area contributed by atoms with Crippen LogP contribution in [0.5, 0.6) is 0 Å². The molecule has 0 radical (unpaired) electrons. The van der Waals surface area contributed by atoms with Crippen molar-refractivity contribution < 1.29 is 8.42 Å². The number of nitriles is 1. The Morgan fingerprint density at radius 1 is 1.26 bits per heavy atom. The standard InChI is InChI=1S/C13H17N3O2S/c14-8-5-11-1-3-13(4-2-11)19(17,18)16-9-6-12(15)7-10-16/h1-4,12H,5-7,9-10,15H2. The first kappa shape index (κ1) is 14.0. The molecule has 102 valence electrons. The van der Waals surface area contributed by atoms with Crippen molar-refractivity contribution in [3.8, 4) is 6.07 Å². The van der Waals surface area contributed by atoms with Crippen molar-refractivity contribution >= 4 is 10.0 Å². The van der Waals surface area contributed by atoms with Gasteiger partial charge in [0.1, 0.15) is 0 Å². The van der Waals surface area contributed by atoms with Gasteiger partial charge in [0, 0.05) is 19.1 Å². The smallest absolute Gasteiger partial charge is 0.243 e. The van der Waals surface area contributed by atoms with Crippen LogP contribution in [0.4, 0.5) is 0 Å². The molecular weight excluding hydrogens is 262 g/mol. The fourth-order valence-corrected chi connectivity index (χ4v) is 3.61. The SMILES string of the molecule is N#CCc1ccc(S(=O)(=O)N2CCC(N)CC2)cc1. The van der Waals surface area contributed by atoms with Gasteiger partial charge in [0.05, 0.1) is 17.4 Å². The first-order valence-corrected chi connectivity index (χ1v) is 7.69. The predicted octanol–water partition coefficient (Wildman–Crippen LogP) is 0.864. The lowest BCUT2D eigenvalue weighted by atomic mass is 10.1. The average molecular weight is 279 g/mol. The van der Waals surface area contributed by atoms with E-state index in [1.54, 1.807) is 24.3 Å². The van der Waals surface area contributed by atoms with Crippen LogP contribution in [-0.4, -0.2) is 31.9 Å². The lowest BCUT2D eigenvalue weighted by Gasteiger charge is -2.29. The van der Waals surface area contributed by atoms with Crippen LogP contribution >= 0.6 is 0 Å². The van der Waals surface area contributed by atoms with Gasteiger partial charge in [-0.25, -0.2) is 8.42 Å². The molecule has 1 aliphatic heterocycles. The van der Waals surface area contributed by atoms with Crippen molar-refractivity contribution in [2.75, 3.05) is 13.1 Å². The monoisotopic (exact) mass is 279 g/mol. The molecule has 6 heteroatoms. The van der Waals surface area contributed by atoms with E-state index in [-0.39, 0.29) is 10.9 Å². The highest BCUT2D eigenvalue weighted by Crippen LogP contribution is 2.20.